The fraction of sp³-hybridized carbons (Fsp3) is 0.100. The van der Waals surface area contributed by atoms with Crippen molar-refractivity contribution in [1.29, 1.82) is 0 Å². The minimum atomic E-state index is -0.154. The van der Waals surface area contributed by atoms with Gasteiger partial charge in [0, 0.05) is 5.54 Å². The lowest BCUT2D eigenvalue weighted by molar-refractivity contribution is -0.116. The first kappa shape index (κ1) is 9.81. The molecule has 0 atom stereocenters. The normalized spacial score (nSPS) is 10.2. The van der Waals surface area contributed by atoms with Gasteiger partial charge in [-0.3, -0.25) is 4.79 Å². The van der Waals surface area contributed by atoms with Crippen LogP contribution in [0, 0.1) is 0 Å². The molecule has 1 aromatic rings. The molecule has 0 fully saturated rings. The highest BCUT2D eigenvalue weighted by atomic mass is 35.5. The summed E-state index contributed by atoms with van der Waals surface area (Å²) in [5.41, 5.74) is 1.18. The standard InChI is InChI=1S/C10H9ClO2/c11-7-6-9(12)8-13-10-4-2-1-3-5-10/h1-7H,8H2/b7-6+. The molecular formula is C10H9ClO2. The molecule has 0 N–H and O–H groups in total. The van der Waals surface area contributed by atoms with E-state index in [4.69, 9.17) is 16.3 Å². The van der Waals surface area contributed by atoms with E-state index in [1.54, 1.807) is 12.1 Å². The highest BCUT2D eigenvalue weighted by molar-refractivity contribution is 6.26. The van der Waals surface area contributed by atoms with Crippen molar-refractivity contribution in [2.75, 3.05) is 6.61 Å². The molecule has 3 heteroatoms. The highest BCUT2D eigenvalue weighted by Crippen LogP contribution is 2.07. The van der Waals surface area contributed by atoms with Gasteiger partial charge in [-0.15, -0.1) is 0 Å². The molecule has 0 unspecified atom stereocenters. The first-order valence-electron chi connectivity index (χ1n) is 3.80. The molecule has 0 bridgehead atoms. The summed E-state index contributed by atoms with van der Waals surface area (Å²) in [6.45, 7) is 0.0211. The van der Waals surface area contributed by atoms with Crippen molar-refractivity contribution in [2.45, 2.75) is 0 Å². The monoisotopic (exact) mass is 196 g/mol. The number of rotatable bonds is 4. The first-order chi connectivity index (χ1) is 6.33. The fourth-order valence-electron chi connectivity index (χ4n) is 0.790. The van der Waals surface area contributed by atoms with Crippen LogP contribution in [0.25, 0.3) is 0 Å². The molecule has 0 aliphatic carbocycles. The summed E-state index contributed by atoms with van der Waals surface area (Å²) in [4.78, 5) is 10.9. The number of halogens is 1. The van der Waals surface area contributed by atoms with E-state index in [1.807, 2.05) is 18.2 Å². The smallest absolute Gasteiger partial charge is 0.193 e. The van der Waals surface area contributed by atoms with Crippen molar-refractivity contribution >= 4 is 17.4 Å². The average molecular weight is 197 g/mol. The number of hydrogen-bond acceptors (Lipinski definition) is 2. The number of para-hydroxylation sites is 1. The van der Waals surface area contributed by atoms with Gasteiger partial charge in [-0.25, -0.2) is 0 Å². The van der Waals surface area contributed by atoms with Crippen molar-refractivity contribution in [3.8, 4) is 5.75 Å². The van der Waals surface area contributed by atoms with E-state index in [9.17, 15) is 4.79 Å². The predicted octanol–water partition coefficient (Wildman–Crippen LogP) is 2.39. The van der Waals surface area contributed by atoms with Gasteiger partial charge in [0.25, 0.3) is 0 Å². The summed E-state index contributed by atoms with van der Waals surface area (Å²) in [7, 11) is 0. The van der Waals surface area contributed by atoms with Crippen LogP contribution in [0.5, 0.6) is 5.75 Å². The summed E-state index contributed by atoms with van der Waals surface area (Å²) >= 11 is 5.22. The van der Waals surface area contributed by atoms with Gasteiger partial charge < -0.3 is 4.74 Å². The van der Waals surface area contributed by atoms with Crippen LogP contribution >= 0.6 is 11.6 Å². The van der Waals surface area contributed by atoms with Gasteiger partial charge in [0.15, 0.2) is 12.4 Å². The number of benzene rings is 1. The Morgan fingerprint density at radius 1 is 1.38 bits per heavy atom. The summed E-state index contributed by atoms with van der Waals surface area (Å²) < 4.78 is 5.16. The van der Waals surface area contributed by atoms with Gasteiger partial charge in [0.05, 0.1) is 0 Å². The summed E-state index contributed by atoms with van der Waals surface area (Å²) in [5, 5.41) is 0. The predicted molar refractivity (Wildman–Crippen MR) is 51.9 cm³/mol. The van der Waals surface area contributed by atoms with Crippen LogP contribution in [0.3, 0.4) is 0 Å². The molecule has 0 radical (unpaired) electrons. The van der Waals surface area contributed by atoms with E-state index in [0.717, 1.165) is 0 Å². The molecular weight excluding hydrogens is 188 g/mol. The molecule has 0 spiro atoms. The van der Waals surface area contributed by atoms with E-state index >= 15 is 0 Å². The van der Waals surface area contributed by atoms with E-state index in [-0.39, 0.29) is 12.4 Å². The zero-order valence-corrected chi connectivity index (χ0v) is 7.70. The zero-order valence-electron chi connectivity index (χ0n) is 6.94. The van der Waals surface area contributed by atoms with Crippen LogP contribution in [0.1, 0.15) is 0 Å². The maximum absolute atomic E-state index is 10.9. The number of carbonyl (C=O) groups is 1. The van der Waals surface area contributed by atoms with Gasteiger partial charge in [-0.05, 0) is 18.2 Å². The van der Waals surface area contributed by atoms with Crippen LogP contribution in [-0.4, -0.2) is 12.4 Å². The molecule has 13 heavy (non-hydrogen) atoms. The van der Waals surface area contributed by atoms with E-state index in [2.05, 4.69) is 0 Å². The highest BCUT2D eigenvalue weighted by Gasteiger charge is 1.96. The number of ether oxygens (including phenoxy) is 1. The summed E-state index contributed by atoms with van der Waals surface area (Å²) in [6, 6.07) is 9.15. The van der Waals surface area contributed by atoms with Crippen LogP contribution in [-0.2, 0) is 4.79 Å². The number of ketones is 1. The van der Waals surface area contributed by atoms with Gasteiger partial charge in [-0.2, -0.15) is 0 Å². The Hall–Kier alpha value is -1.28. The van der Waals surface area contributed by atoms with E-state index in [1.165, 1.54) is 11.6 Å². The second kappa shape index (κ2) is 5.38. The molecule has 0 aliphatic rings. The molecule has 0 aromatic heterocycles. The lowest BCUT2D eigenvalue weighted by Crippen LogP contribution is -2.07. The van der Waals surface area contributed by atoms with Crippen molar-refractivity contribution in [3.63, 3.8) is 0 Å². The molecule has 2 nitrogen and oxygen atoms in total. The van der Waals surface area contributed by atoms with E-state index in [0.29, 0.717) is 5.75 Å². The molecule has 0 amide bonds. The van der Waals surface area contributed by atoms with Crippen LogP contribution in [0.15, 0.2) is 41.9 Å². The zero-order chi connectivity index (χ0) is 9.52. The molecule has 68 valence electrons. The SMILES string of the molecule is O=C(/C=C/Cl)COc1ccccc1. The van der Waals surface area contributed by atoms with Gasteiger partial charge in [-0.1, -0.05) is 29.8 Å². The van der Waals surface area contributed by atoms with Crippen molar-refractivity contribution in [3.05, 3.63) is 41.9 Å². The third-order valence-corrected chi connectivity index (χ3v) is 1.50. The lowest BCUT2D eigenvalue weighted by Gasteiger charge is -2.01. The third kappa shape index (κ3) is 3.76. The second-order valence-electron chi connectivity index (χ2n) is 2.36. The number of carbonyl (C=O) groups excluding carboxylic acids is 1. The summed E-state index contributed by atoms with van der Waals surface area (Å²) in [6.07, 6.45) is 1.27. The first-order valence-corrected chi connectivity index (χ1v) is 4.24. The topological polar surface area (TPSA) is 26.3 Å². The largest absolute Gasteiger partial charge is 0.485 e. The Morgan fingerprint density at radius 2 is 2.08 bits per heavy atom. The van der Waals surface area contributed by atoms with Crippen LogP contribution < -0.4 is 4.74 Å². The minimum Gasteiger partial charge on any atom is -0.485 e. The van der Waals surface area contributed by atoms with Crippen molar-refractivity contribution in [1.82, 2.24) is 0 Å². The van der Waals surface area contributed by atoms with Crippen molar-refractivity contribution in [2.24, 2.45) is 0 Å². The maximum Gasteiger partial charge on any atom is 0.193 e. The molecule has 1 rings (SSSR count). The van der Waals surface area contributed by atoms with Crippen molar-refractivity contribution < 1.29 is 9.53 Å². The third-order valence-electron chi connectivity index (χ3n) is 1.37. The Labute approximate surface area is 81.8 Å². The average Bonchev–Trinajstić information content (AvgIpc) is 2.17. The molecule has 0 saturated heterocycles. The Balaban J connectivity index is 2.40. The van der Waals surface area contributed by atoms with Crippen LogP contribution in [0.4, 0.5) is 0 Å². The van der Waals surface area contributed by atoms with Crippen LogP contribution in [0.2, 0.25) is 0 Å². The Bertz CT molecular complexity index is 293. The van der Waals surface area contributed by atoms with E-state index < -0.39 is 0 Å². The quantitative estimate of drug-likeness (QED) is 0.692. The minimum absolute atomic E-state index is 0.0211. The fourth-order valence-corrected chi connectivity index (χ4v) is 0.930. The summed E-state index contributed by atoms with van der Waals surface area (Å²) in [5.74, 6) is 0.526. The number of hydrogen-bond donors (Lipinski definition) is 0. The molecule has 0 aliphatic heterocycles. The molecule has 0 saturated carbocycles. The maximum atomic E-state index is 10.9. The molecule has 0 heterocycles. The van der Waals surface area contributed by atoms with Gasteiger partial charge in [0.2, 0.25) is 0 Å². The second-order valence-corrected chi connectivity index (χ2v) is 2.61. The van der Waals surface area contributed by atoms with Gasteiger partial charge >= 0.3 is 0 Å². The van der Waals surface area contributed by atoms with Gasteiger partial charge in [0.1, 0.15) is 5.75 Å². The lowest BCUT2D eigenvalue weighted by atomic mass is 10.3. The Kier molecular flexibility index (Phi) is 4.06. The Morgan fingerprint density at radius 3 is 2.69 bits per heavy atom. The molecule has 1 aromatic carbocycles.